The minimum atomic E-state index is -0.218. The molecule has 4 heteroatoms. The normalized spacial score (nSPS) is 12.7. The Kier molecular flexibility index (Phi) is 14.8. The number of fused-ring (bicyclic) bond motifs is 9. The molecule has 0 saturated carbocycles. The molecule has 104 heavy (non-hydrogen) atoms. The second-order valence-corrected chi connectivity index (χ2v) is 30.3. The Morgan fingerprint density at radius 2 is 0.577 bits per heavy atom. The molecule has 0 radical (unpaired) electrons. The molecule has 0 N–H and O–H groups in total. The Balaban J connectivity index is 0.951. The van der Waals surface area contributed by atoms with Crippen LogP contribution in [0.15, 0.2) is 352 Å². The molecule has 494 valence electrons. The number of aromatic nitrogens is 1. The highest BCUT2D eigenvalue weighted by molar-refractivity contribution is 7.00. The van der Waals surface area contributed by atoms with Gasteiger partial charge in [0.15, 0.2) is 0 Å². The minimum absolute atomic E-state index is 0.179. The summed E-state index contributed by atoms with van der Waals surface area (Å²) in [5, 5.41) is 7.37. The molecule has 0 atom stereocenters. The third kappa shape index (κ3) is 10.3. The first-order valence-corrected chi connectivity index (χ1v) is 36.6. The Hall–Kier alpha value is -12.5. The van der Waals surface area contributed by atoms with E-state index in [0.29, 0.717) is 0 Å². The van der Waals surface area contributed by atoms with Crippen LogP contribution in [0.5, 0.6) is 0 Å². The molecular weight excluding hydrogens is 1250 g/mol. The Morgan fingerprint density at radius 1 is 0.240 bits per heavy atom. The number of hydrogen-bond donors (Lipinski definition) is 0. The summed E-state index contributed by atoms with van der Waals surface area (Å²) in [6, 6.07) is 133. The zero-order chi connectivity index (χ0) is 70.0. The van der Waals surface area contributed by atoms with Gasteiger partial charge in [0.1, 0.15) is 0 Å². The van der Waals surface area contributed by atoms with Crippen LogP contribution in [0, 0.1) is 0 Å². The zero-order valence-electron chi connectivity index (χ0n) is 59.4. The van der Waals surface area contributed by atoms with E-state index in [2.05, 4.69) is 408 Å². The van der Waals surface area contributed by atoms with Crippen molar-refractivity contribution in [1.82, 2.24) is 4.57 Å². The highest BCUT2D eigenvalue weighted by atomic mass is 15.2. The maximum absolute atomic E-state index is 2.69. The van der Waals surface area contributed by atoms with Crippen LogP contribution in [0.3, 0.4) is 0 Å². The Labute approximate surface area is 610 Å². The van der Waals surface area contributed by atoms with Crippen LogP contribution in [0.4, 0.5) is 34.1 Å². The van der Waals surface area contributed by atoms with Gasteiger partial charge in [0, 0.05) is 61.5 Å². The first kappa shape index (κ1) is 62.5. The second kappa shape index (κ2) is 24.6. The Morgan fingerprint density at radius 3 is 1.00 bits per heavy atom. The molecule has 3 nitrogen and oxygen atoms in total. The molecule has 16 aromatic carbocycles. The smallest absolute Gasteiger partial charge is 0.252 e. The summed E-state index contributed by atoms with van der Waals surface area (Å²) < 4.78 is 2.49. The van der Waals surface area contributed by atoms with Gasteiger partial charge in [-0.05, 0) is 188 Å². The zero-order valence-corrected chi connectivity index (χ0v) is 59.4. The average molecular weight is 1330 g/mol. The number of benzene rings is 16. The SMILES string of the molecule is CC(C)(C)c1cc(-c2ccccc2)c(N2c3cc(-c4ccc5c(-c6ccccc6)c6ccccc6c(-c6ccccc6)c5c4)ccc3B3c4ccc(-n5c6ccccc6c6ccccc65)cc4N(c4c(-c5ccccc5)cc(C(C)(C)C)cc4-c4ccccc4)c4cccc2c43)c(-c2ccccc2)c1. The highest BCUT2D eigenvalue weighted by Crippen LogP contribution is 2.55. The number of para-hydroxylation sites is 2. The van der Waals surface area contributed by atoms with Crippen LogP contribution < -0.4 is 26.2 Å². The Bertz CT molecular complexity index is 6050. The van der Waals surface area contributed by atoms with Gasteiger partial charge in [0.2, 0.25) is 0 Å². The van der Waals surface area contributed by atoms with E-state index in [9.17, 15) is 0 Å². The first-order chi connectivity index (χ1) is 50.9. The predicted molar refractivity (Wildman–Crippen MR) is 445 cm³/mol. The fourth-order valence-corrected chi connectivity index (χ4v) is 17.1. The van der Waals surface area contributed by atoms with Crippen LogP contribution in [0.2, 0.25) is 0 Å². The number of hydrogen-bond acceptors (Lipinski definition) is 2. The lowest BCUT2D eigenvalue weighted by Crippen LogP contribution is -2.61. The molecule has 0 spiro atoms. The molecular formula is C100H76BN3. The predicted octanol–water partition coefficient (Wildman–Crippen LogP) is 25.4. The summed E-state index contributed by atoms with van der Waals surface area (Å²) in [4.78, 5) is 5.37. The summed E-state index contributed by atoms with van der Waals surface area (Å²) in [5.74, 6) is 0. The van der Waals surface area contributed by atoms with Crippen LogP contribution in [-0.4, -0.2) is 11.3 Å². The van der Waals surface area contributed by atoms with Crippen molar-refractivity contribution >= 4 is 101 Å². The summed E-state index contributed by atoms with van der Waals surface area (Å²) in [6.07, 6.45) is 0. The molecule has 0 bridgehead atoms. The van der Waals surface area contributed by atoms with Gasteiger partial charge in [-0.1, -0.05) is 321 Å². The van der Waals surface area contributed by atoms with Crippen molar-refractivity contribution in [2.24, 2.45) is 0 Å². The second-order valence-electron chi connectivity index (χ2n) is 30.3. The molecule has 2 aliphatic heterocycles. The van der Waals surface area contributed by atoms with Gasteiger partial charge in [-0.15, -0.1) is 0 Å². The monoisotopic (exact) mass is 1330 g/mol. The van der Waals surface area contributed by atoms with Gasteiger partial charge in [0.25, 0.3) is 6.71 Å². The molecule has 0 amide bonds. The number of rotatable bonds is 10. The van der Waals surface area contributed by atoms with Crippen molar-refractivity contribution in [2.75, 3.05) is 9.80 Å². The summed E-state index contributed by atoms with van der Waals surface area (Å²) in [5.41, 5.74) is 32.6. The molecule has 0 fully saturated rings. The van der Waals surface area contributed by atoms with Crippen molar-refractivity contribution in [3.63, 3.8) is 0 Å². The van der Waals surface area contributed by atoms with E-state index in [4.69, 9.17) is 0 Å². The molecule has 2 aliphatic rings. The van der Waals surface area contributed by atoms with E-state index in [1.54, 1.807) is 0 Å². The molecule has 1 aromatic heterocycles. The largest absolute Gasteiger partial charge is 0.310 e. The van der Waals surface area contributed by atoms with Crippen LogP contribution in [-0.2, 0) is 10.8 Å². The quantitative estimate of drug-likeness (QED) is 0.0999. The van der Waals surface area contributed by atoms with Crippen LogP contribution in [0.25, 0.3) is 127 Å². The molecule has 3 heterocycles. The van der Waals surface area contributed by atoms with Gasteiger partial charge in [-0.25, -0.2) is 0 Å². The summed E-state index contributed by atoms with van der Waals surface area (Å²) in [6.45, 7) is 13.9. The minimum Gasteiger partial charge on any atom is -0.310 e. The lowest BCUT2D eigenvalue weighted by atomic mass is 9.33. The number of anilines is 6. The molecule has 17 aromatic rings. The van der Waals surface area contributed by atoms with Crippen molar-refractivity contribution in [3.8, 4) is 83.6 Å². The van der Waals surface area contributed by atoms with Crippen molar-refractivity contribution < 1.29 is 0 Å². The fraction of sp³-hybridized carbons (Fsp3) is 0.0800. The van der Waals surface area contributed by atoms with Gasteiger partial charge >= 0.3 is 0 Å². The lowest BCUT2D eigenvalue weighted by Gasteiger charge is -2.46. The highest BCUT2D eigenvalue weighted by Gasteiger charge is 2.46. The topological polar surface area (TPSA) is 11.4 Å². The van der Waals surface area contributed by atoms with Gasteiger partial charge in [-0.3, -0.25) is 0 Å². The lowest BCUT2D eigenvalue weighted by molar-refractivity contribution is 0.590. The van der Waals surface area contributed by atoms with Gasteiger partial charge in [0.05, 0.1) is 22.4 Å². The first-order valence-electron chi connectivity index (χ1n) is 36.6. The van der Waals surface area contributed by atoms with Crippen molar-refractivity contribution in [2.45, 2.75) is 52.4 Å². The van der Waals surface area contributed by atoms with Crippen molar-refractivity contribution in [1.29, 1.82) is 0 Å². The summed E-state index contributed by atoms with van der Waals surface area (Å²) >= 11 is 0. The van der Waals surface area contributed by atoms with Crippen molar-refractivity contribution in [3.05, 3.63) is 363 Å². The van der Waals surface area contributed by atoms with Gasteiger partial charge < -0.3 is 14.4 Å². The molecule has 0 saturated heterocycles. The van der Waals surface area contributed by atoms with Crippen LogP contribution >= 0.6 is 0 Å². The number of nitrogens with zero attached hydrogens (tertiary/aromatic N) is 3. The van der Waals surface area contributed by atoms with E-state index in [1.165, 1.54) is 115 Å². The fourth-order valence-electron chi connectivity index (χ4n) is 17.1. The van der Waals surface area contributed by atoms with E-state index >= 15 is 0 Å². The summed E-state index contributed by atoms with van der Waals surface area (Å²) in [7, 11) is 0. The third-order valence-corrected chi connectivity index (χ3v) is 22.0. The standard InChI is InChI=1S/C100H76BN3/c1-99(2,3)73-60-81(65-32-13-7-14-33-65)97(82(61-73)66-34-15-8-16-35-66)103-90-50-31-51-91-96(90)101(86-56-53-72(59-92(86)103)71-52-55-80-85(58-71)95(70-42-23-12-24-43-70)79-47-26-25-46-78(79)94(80)69-40-21-11-22-41-69)87-57-54-75(102-88-48-29-27-44-76(88)77-45-28-30-49-89(77)102)64-93(87)104(91)98-83(67-36-17-9-18-37-67)62-74(100(4,5)6)63-84(98)68-38-19-10-20-39-68/h7-64H,1-6H3. The van der Waals surface area contributed by atoms with Gasteiger partial charge in [-0.2, -0.15) is 0 Å². The molecule has 0 aliphatic carbocycles. The van der Waals surface area contributed by atoms with Crippen LogP contribution in [0.1, 0.15) is 52.7 Å². The maximum atomic E-state index is 2.69. The average Bonchev–Trinajstić information content (AvgIpc) is 0.757. The van der Waals surface area contributed by atoms with E-state index < -0.39 is 0 Å². The molecule has 19 rings (SSSR count). The molecule has 0 unspecified atom stereocenters. The maximum Gasteiger partial charge on any atom is 0.252 e. The van der Waals surface area contributed by atoms with E-state index in [0.717, 1.165) is 73.2 Å². The van der Waals surface area contributed by atoms with E-state index in [1.807, 2.05) is 0 Å². The third-order valence-electron chi connectivity index (χ3n) is 22.0. The van der Waals surface area contributed by atoms with E-state index in [-0.39, 0.29) is 17.5 Å².